The Kier molecular flexibility index (Phi) is 7.05. The van der Waals surface area contributed by atoms with Crippen LogP contribution in [-0.2, 0) is 11.2 Å². The van der Waals surface area contributed by atoms with Crippen molar-refractivity contribution in [2.45, 2.75) is 59.3 Å². The van der Waals surface area contributed by atoms with Gasteiger partial charge in [0, 0.05) is 34.6 Å². The van der Waals surface area contributed by atoms with Crippen molar-refractivity contribution < 1.29 is 9.59 Å². The van der Waals surface area contributed by atoms with Gasteiger partial charge < -0.3 is 5.32 Å². The summed E-state index contributed by atoms with van der Waals surface area (Å²) >= 11 is 3.02. The Hall–Kier alpha value is -1.60. The van der Waals surface area contributed by atoms with E-state index in [9.17, 15) is 9.59 Å². The molecule has 5 nitrogen and oxygen atoms in total. The molecule has 0 aliphatic rings. The Morgan fingerprint density at radius 2 is 1.92 bits per heavy atom. The molecule has 2 aromatic heterocycles. The zero-order chi connectivity index (χ0) is 17.5. The Morgan fingerprint density at radius 3 is 2.58 bits per heavy atom. The molecule has 0 saturated heterocycles. The third-order valence-corrected chi connectivity index (χ3v) is 5.49. The van der Waals surface area contributed by atoms with Gasteiger partial charge >= 0.3 is 0 Å². The number of unbranched alkanes of at least 4 members (excludes halogenated alkanes) is 2. The number of nitrogens with one attached hydrogen (secondary N) is 1. The van der Waals surface area contributed by atoms with Crippen molar-refractivity contribution in [1.29, 1.82) is 0 Å². The van der Waals surface area contributed by atoms with Gasteiger partial charge in [0.1, 0.15) is 5.01 Å². The van der Waals surface area contributed by atoms with E-state index < -0.39 is 0 Å². The third-order valence-electron chi connectivity index (χ3n) is 3.63. The Balaban J connectivity index is 1.79. The molecule has 0 aliphatic heterocycles. The van der Waals surface area contributed by atoms with Gasteiger partial charge in [-0.05, 0) is 26.3 Å². The first-order valence-electron chi connectivity index (χ1n) is 8.22. The monoisotopic (exact) mass is 365 g/mol. The number of amides is 1. The molecule has 1 N–H and O–H groups in total. The summed E-state index contributed by atoms with van der Waals surface area (Å²) in [6.07, 6.45) is 4.71. The highest BCUT2D eigenvalue weighted by molar-refractivity contribution is 7.15. The maximum atomic E-state index is 12.2. The molecule has 0 radical (unpaired) electrons. The molecule has 0 aromatic carbocycles. The number of ketones is 1. The van der Waals surface area contributed by atoms with Crippen LogP contribution in [0.2, 0.25) is 0 Å². The van der Waals surface area contributed by atoms with Crippen LogP contribution >= 0.6 is 22.7 Å². The number of thiophene rings is 1. The van der Waals surface area contributed by atoms with E-state index in [1.54, 1.807) is 11.3 Å². The number of aromatic nitrogens is 2. The Morgan fingerprint density at radius 1 is 1.12 bits per heavy atom. The van der Waals surface area contributed by atoms with Crippen LogP contribution in [0.25, 0.3) is 0 Å². The number of Topliss-reactive ketones (excluding diaryl/α,β-unsaturated/α-hetero) is 1. The van der Waals surface area contributed by atoms with Crippen LogP contribution in [0.15, 0.2) is 6.07 Å². The van der Waals surface area contributed by atoms with Gasteiger partial charge in [-0.3, -0.25) is 9.59 Å². The summed E-state index contributed by atoms with van der Waals surface area (Å²) in [6.45, 7) is 6.08. The van der Waals surface area contributed by atoms with Gasteiger partial charge in [0.2, 0.25) is 11.0 Å². The van der Waals surface area contributed by atoms with Crippen LogP contribution < -0.4 is 5.32 Å². The smallest absolute Gasteiger partial charge is 0.226 e. The lowest BCUT2D eigenvalue weighted by Crippen LogP contribution is -2.13. The highest BCUT2D eigenvalue weighted by Gasteiger charge is 2.15. The lowest BCUT2D eigenvalue weighted by Gasteiger charge is -2.01. The predicted molar refractivity (Wildman–Crippen MR) is 99.1 cm³/mol. The molecule has 0 aliphatic carbocycles. The minimum Gasteiger partial charge on any atom is -0.301 e. The standard InChI is InChI=1S/C17H23N3O2S2/c1-4-5-6-7-16-19-20-17(24-16)18-15(22)9-8-14(21)13-10-11(2)23-12(13)3/h10H,4-9H2,1-3H3,(H,18,20,22). The van der Waals surface area contributed by atoms with Crippen molar-refractivity contribution >= 4 is 39.5 Å². The molecule has 0 saturated carbocycles. The lowest BCUT2D eigenvalue weighted by atomic mass is 10.1. The van der Waals surface area contributed by atoms with E-state index in [1.807, 2.05) is 19.9 Å². The second-order valence-electron chi connectivity index (χ2n) is 5.76. The third kappa shape index (κ3) is 5.49. The molecular weight excluding hydrogens is 342 g/mol. The van der Waals surface area contributed by atoms with Crippen LogP contribution in [0.3, 0.4) is 0 Å². The minimum atomic E-state index is -0.191. The largest absolute Gasteiger partial charge is 0.301 e. The van der Waals surface area contributed by atoms with E-state index in [-0.39, 0.29) is 24.5 Å². The zero-order valence-electron chi connectivity index (χ0n) is 14.3. The number of hydrogen-bond donors (Lipinski definition) is 1. The fourth-order valence-electron chi connectivity index (χ4n) is 2.38. The summed E-state index contributed by atoms with van der Waals surface area (Å²) in [4.78, 5) is 26.3. The molecule has 0 spiro atoms. The number of carbonyl (C=O) groups is 2. The predicted octanol–water partition coefficient (Wildman–Crippen LogP) is 4.55. The molecular formula is C17H23N3O2S2. The SMILES string of the molecule is CCCCCc1nnc(NC(=O)CCC(=O)c2cc(C)sc2C)s1. The highest BCUT2D eigenvalue weighted by atomic mass is 32.1. The van der Waals surface area contributed by atoms with Gasteiger partial charge in [-0.15, -0.1) is 21.5 Å². The molecule has 0 unspecified atom stereocenters. The quantitative estimate of drug-likeness (QED) is 0.523. The van der Waals surface area contributed by atoms with Gasteiger partial charge in [-0.25, -0.2) is 0 Å². The van der Waals surface area contributed by atoms with Gasteiger partial charge in [0.25, 0.3) is 0 Å². The van der Waals surface area contributed by atoms with Crippen LogP contribution in [0, 0.1) is 13.8 Å². The minimum absolute atomic E-state index is 0.0181. The molecule has 2 rings (SSSR count). The molecule has 0 atom stereocenters. The van der Waals surface area contributed by atoms with Crippen molar-refractivity contribution in [3.8, 4) is 0 Å². The Bertz CT molecular complexity index is 707. The molecule has 0 bridgehead atoms. The number of anilines is 1. The lowest BCUT2D eigenvalue weighted by molar-refractivity contribution is -0.116. The molecule has 130 valence electrons. The first-order valence-corrected chi connectivity index (χ1v) is 9.85. The average Bonchev–Trinajstić information content (AvgIpc) is 3.11. The van der Waals surface area contributed by atoms with Crippen molar-refractivity contribution in [3.63, 3.8) is 0 Å². The molecule has 0 fully saturated rings. The normalized spacial score (nSPS) is 10.8. The number of aryl methyl sites for hydroxylation is 3. The van der Waals surface area contributed by atoms with E-state index in [4.69, 9.17) is 0 Å². The fourth-order valence-corrected chi connectivity index (χ4v) is 4.12. The van der Waals surface area contributed by atoms with E-state index in [0.29, 0.717) is 5.13 Å². The van der Waals surface area contributed by atoms with Gasteiger partial charge in [-0.1, -0.05) is 31.1 Å². The van der Waals surface area contributed by atoms with Crippen molar-refractivity contribution in [2.75, 3.05) is 5.32 Å². The maximum Gasteiger partial charge on any atom is 0.226 e. The van der Waals surface area contributed by atoms with E-state index >= 15 is 0 Å². The van der Waals surface area contributed by atoms with Gasteiger partial charge in [0.05, 0.1) is 0 Å². The average molecular weight is 366 g/mol. The van der Waals surface area contributed by atoms with Crippen LogP contribution in [-0.4, -0.2) is 21.9 Å². The van der Waals surface area contributed by atoms with Crippen molar-refractivity contribution in [3.05, 3.63) is 26.4 Å². The van der Waals surface area contributed by atoms with E-state index in [2.05, 4.69) is 22.4 Å². The summed E-state index contributed by atoms with van der Waals surface area (Å²) in [5.74, 6) is -0.172. The Labute approximate surface area is 150 Å². The fraction of sp³-hybridized carbons (Fsp3) is 0.529. The highest BCUT2D eigenvalue weighted by Crippen LogP contribution is 2.22. The molecule has 2 aromatic rings. The number of nitrogens with zero attached hydrogens (tertiary/aromatic N) is 2. The maximum absolute atomic E-state index is 12.2. The summed E-state index contributed by atoms with van der Waals surface area (Å²) < 4.78 is 0. The first-order chi connectivity index (χ1) is 11.5. The molecule has 2 heterocycles. The van der Waals surface area contributed by atoms with Crippen molar-refractivity contribution in [2.24, 2.45) is 0 Å². The summed E-state index contributed by atoms with van der Waals surface area (Å²) in [6, 6.07) is 1.90. The number of carbonyl (C=O) groups excluding carboxylic acids is 2. The van der Waals surface area contributed by atoms with Crippen LogP contribution in [0.4, 0.5) is 5.13 Å². The topological polar surface area (TPSA) is 72.0 Å². The first kappa shape index (κ1) is 18.7. The van der Waals surface area contributed by atoms with Crippen LogP contribution in [0.1, 0.15) is 64.1 Å². The molecule has 1 amide bonds. The zero-order valence-corrected chi connectivity index (χ0v) is 16.0. The van der Waals surface area contributed by atoms with Gasteiger partial charge in [0.15, 0.2) is 5.78 Å². The van der Waals surface area contributed by atoms with Crippen molar-refractivity contribution in [1.82, 2.24) is 10.2 Å². The summed E-state index contributed by atoms with van der Waals surface area (Å²) in [5.41, 5.74) is 0.736. The number of hydrogen-bond acceptors (Lipinski definition) is 6. The molecule has 7 heteroatoms. The second-order valence-corrected chi connectivity index (χ2v) is 8.28. The number of rotatable bonds is 9. The van der Waals surface area contributed by atoms with E-state index in [1.165, 1.54) is 24.2 Å². The second kappa shape index (κ2) is 9.03. The summed E-state index contributed by atoms with van der Waals surface area (Å²) in [7, 11) is 0. The van der Waals surface area contributed by atoms with Gasteiger partial charge in [-0.2, -0.15) is 0 Å². The van der Waals surface area contributed by atoms with E-state index in [0.717, 1.165) is 33.2 Å². The molecule has 24 heavy (non-hydrogen) atoms. The van der Waals surface area contributed by atoms with Crippen LogP contribution in [0.5, 0.6) is 0 Å². The summed E-state index contributed by atoms with van der Waals surface area (Å²) in [5, 5.41) is 12.3.